The van der Waals surface area contributed by atoms with Crippen molar-refractivity contribution in [3.8, 4) is 0 Å². The number of carbonyl (C=O) groups excluding carboxylic acids is 1. The molecule has 1 aromatic rings. The highest BCUT2D eigenvalue weighted by Crippen LogP contribution is 2.16. The Balaban J connectivity index is 2.99. The molecule has 0 spiro atoms. The van der Waals surface area contributed by atoms with Gasteiger partial charge in [-0.15, -0.1) is 0 Å². The fraction of sp³-hybridized carbons (Fsp3) is 0.417. The lowest BCUT2D eigenvalue weighted by Crippen LogP contribution is -2.38. The predicted octanol–water partition coefficient (Wildman–Crippen LogP) is 2.15. The van der Waals surface area contributed by atoms with Crippen LogP contribution in [0.25, 0.3) is 0 Å². The summed E-state index contributed by atoms with van der Waals surface area (Å²) in [6, 6.07) is 2.76. The van der Waals surface area contributed by atoms with Crippen molar-refractivity contribution in [3.05, 3.63) is 23.9 Å². The van der Waals surface area contributed by atoms with Gasteiger partial charge in [0.15, 0.2) is 0 Å². The Morgan fingerprint density at radius 3 is 2.50 bits per heavy atom. The summed E-state index contributed by atoms with van der Waals surface area (Å²) in [5.74, 6) is -0.685. The Hall–Kier alpha value is -2.11. The van der Waals surface area contributed by atoms with Crippen LogP contribution in [0.15, 0.2) is 18.3 Å². The predicted molar refractivity (Wildman–Crippen MR) is 65.8 cm³/mol. The van der Waals surface area contributed by atoms with Crippen molar-refractivity contribution < 1.29 is 19.4 Å². The standard InChI is InChI=1S/C12H16N2O4/c1-4-18-12(17)14(8(2)3)10-6-5-9(7-13-10)11(15)16/h5-8H,4H2,1-3H3,(H,15,16). The average Bonchev–Trinajstić information content (AvgIpc) is 2.29. The number of carbonyl (C=O) groups is 2. The summed E-state index contributed by atoms with van der Waals surface area (Å²) in [6.07, 6.45) is 0.717. The number of ether oxygens (including phenoxy) is 1. The van der Waals surface area contributed by atoms with Gasteiger partial charge >= 0.3 is 12.1 Å². The third kappa shape index (κ3) is 3.19. The van der Waals surface area contributed by atoms with Gasteiger partial charge in [-0.2, -0.15) is 0 Å². The zero-order valence-corrected chi connectivity index (χ0v) is 10.6. The molecule has 1 heterocycles. The minimum absolute atomic E-state index is 0.0753. The van der Waals surface area contributed by atoms with Crippen molar-refractivity contribution in [2.45, 2.75) is 26.8 Å². The van der Waals surface area contributed by atoms with E-state index in [0.717, 1.165) is 0 Å². The van der Waals surface area contributed by atoms with E-state index in [1.807, 2.05) is 13.8 Å². The molecule has 0 bridgehead atoms. The second-order valence-electron chi connectivity index (χ2n) is 3.87. The van der Waals surface area contributed by atoms with Crippen LogP contribution in [0.2, 0.25) is 0 Å². The number of aromatic carboxylic acids is 1. The van der Waals surface area contributed by atoms with Crippen molar-refractivity contribution in [2.24, 2.45) is 0 Å². The van der Waals surface area contributed by atoms with Gasteiger partial charge in [-0.05, 0) is 32.9 Å². The lowest BCUT2D eigenvalue weighted by atomic mass is 10.2. The van der Waals surface area contributed by atoms with Crippen LogP contribution in [0.1, 0.15) is 31.1 Å². The van der Waals surface area contributed by atoms with Crippen LogP contribution < -0.4 is 4.90 Å². The second kappa shape index (κ2) is 6.00. The molecule has 0 fully saturated rings. The molecule has 1 N–H and O–H groups in total. The highest BCUT2D eigenvalue weighted by Gasteiger charge is 2.21. The van der Waals surface area contributed by atoms with Crippen LogP contribution >= 0.6 is 0 Å². The fourth-order valence-corrected chi connectivity index (χ4v) is 1.42. The third-order valence-corrected chi connectivity index (χ3v) is 2.22. The molecule has 0 atom stereocenters. The summed E-state index contributed by atoms with van der Waals surface area (Å²) in [4.78, 5) is 27.8. The number of nitrogens with zero attached hydrogens (tertiary/aromatic N) is 2. The molecule has 6 nitrogen and oxygen atoms in total. The van der Waals surface area contributed by atoms with E-state index in [2.05, 4.69) is 4.98 Å². The van der Waals surface area contributed by atoms with Crippen molar-refractivity contribution >= 4 is 17.9 Å². The van der Waals surface area contributed by atoms with Gasteiger partial charge in [0.2, 0.25) is 0 Å². The first-order valence-corrected chi connectivity index (χ1v) is 5.62. The van der Waals surface area contributed by atoms with Crippen LogP contribution in [-0.2, 0) is 4.74 Å². The van der Waals surface area contributed by atoms with Crippen LogP contribution in [0.3, 0.4) is 0 Å². The molecule has 1 rings (SSSR count). The largest absolute Gasteiger partial charge is 0.478 e. The van der Waals surface area contributed by atoms with E-state index >= 15 is 0 Å². The number of amides is 1. The lowest BCUT2D eigenvalue weighted by Gasteiger charge is -2.24. The number of carboxylic acid groups (broad SMARTS) is 1. The average molecular weight is 252 g/mol. The van der Waals surface area contributed by atoms with E-state index in [4.69, 9.17) is 9.84 Å². The van der Waals surface area contributed by atoms with E-state index in [0.29, 0.717) is 5.82 Å². The van der Waals surface area contributed by atoms with Gasteiger partial charge < -0.3 is 9.84 Å². The first kappa shape index (κ1) is 14.0. The number of rotatable bonds is 4. The number of hydrogen-bond acceptors (Lipinski definition) is 4. The Morgan fingerprint density at radius 1 is 1.44 bits per heavy atom. The highest BCUT2D eigenvalue weighted by atomic mass is 16.6. The molecule has 98 valence electrons. The minimum Gasteiger partial charge on any atom is -0.478 e. The van der Waals surface area contributed by atoms with Gasteiger partial charge in [0.1, 0.15) is 5.82 Å². The normalized spacial score (nSPS) is 10.2. The molecule has 0 saturated carbocycles. The summed E-state index contributed by atoms with van der Waals surface area (Å²) in [5.41, 5.74) is 0.0753. The Morgan fingerprint density at radius 2 is 2.11 bits per heavy atom. The van der Waals surface area contributed by atoms with Gasteiger partial charge in [-0.3, -0.25) is 4.90 Å². The summed E-state index contributed by atoms with van der Waals surface area (Å²) < 4.78 is 4.93. The number of hydrogen-bond donors (Lipinski definition) is 1. The summed E-state index contributed by atoms with van der Waals surface area (Å²) in [6.45, 7) is 5.64. The fourth-order valence-electron chi connectivity index (χ4n) is 1.42. The maximum atomic E-state index is 11.8. The monoisotopic (exact) mass is 252 g/mol. The van der Waals surface area contributed by atoms with Gasteiger partial charge in [0.05, 0.1) is 12.2 Å². The molecule has 0 aromatic carbocycles. The molecule has 0 saturated heterocycles. The van der Waals surface area contributed by atoms with E-state index in [1.165, 1.54) is 23.2 Å². The number of carboxylic acids is 1. The summed E-state index contributed by atoms with van der Waals surface area (Å²) in [5, 5.41) is 8.77. The van der Waals surface area contributed by atoms with E-state index in [1.54, 1.807) is 6.92 Å². The maximum absolute atomic E-state index is 11.8. The van der Waals surface area contributed by atoms with Gasteiger partial charge in [0.25, 0.3) is 0 Å². The Kier molecular flexibility index (Phi) is 4.65. The number of aromatic nitrogens is 1. The maximum Gasteiger partial charge on any atom is 0.415 e. The van der Waals surface area contributed by atoms with Crippen molar-refractivity contribution in [2.75, 3.05) is 11.5 Å². The van der Waals surface area contributed by atoms with Crippen LogP contribution in [0.4, 0.5) is 10.6 Å². The molecular formula is C12H16N2O4. The molecule has 0 aliphatic carbocycles. The van der Waals surface area contributed by atoms with E-state index in [9.17, 15) is 9.59 Å². The van der Waals surface area contributed by atoms with Gasteiger partial charge in [-0.1, -0.05) is 0 Å². The summed E-state index contributed by atoms with van der Waals surface area (Å²) >= 11 is 0. The van der Waals surface area contributed by atoms with E-state index < -0.39 is 12.1 Å². The number of anilines is 1. The van der Waals surface area contributed by atoms with E-state index in [-0.39, 0.29) is 18.2 Å². The number of pyridine rings is 1. The van der Waals surface area contributed by atoms with Crippen molar-refractivity contribution in [1.82, 2.24) is 4.98 Å². The highest BCUT2D eigenvalue weighted by molar-refractivity contribution is 5.89. The summed E-state index contributed by atoms with van der Waals surface area (Å²) in [7, 11) is 0. The molecule has 0 unspecified atom stereocenters. The van der Waals surface area contributed by atoms with Crippen LogP contribution in [0.5, 0.6) is 0 Å². The third-order valence-electron chi connectivity index (χ3n) is 2.22. The quantitative estimate of drug-likeness (QED) is 0.888. The van der Waals surface area contributed by atoms with Gasteiger partial charge in [-0.25, -0.2) is 14.6 Å². The first-order valence-electron chi connectivity index (χ1n) is 5.62. The van der Waals surface area contributed by atoms with Crippen molar-refractivity contribution in [1.29, 1.82) is 0 Å². The molecule has 0 aliphatic heterocycles. The SMILES string of the molecule is CCOC(=O)N(c1ccc(C(=O)O)cn1)C(C)C. The first-order chi connectivity index (χ1) is 8.47. The molecule has 1 aromatic heterocycles. The zero-order valence-electron chi connectivity index (χ0n) is 10.6. The Labute approximate surface area is 105 Å². The zero-order chi connectivity index (χ0) is 13.7. The molecular weight excluding hydrogens is 236 g/mol. The molecule has 0 radical (unpaired) electrons. The Bertz CT molecular complexity index is 428. The smallest absolute Gasteiger partial charge is 0.415 e. The van der Waals surface area contributed by atoms with Crippen LogP contribution in [-0.4, -0.2) is 34.8 Å². The molecule has 6 heteroatoms. The molecule has 1 amide bonds. The molecule has 0 aliphatic rings. The topological polar surface area (TPSA) is 79.7 Å². The second-order valence-corrected chi connectivity index (χ2v) is 3.87. The van der Waals surface area contributed by atoms with Gasteiger partial charge in [0, 0.05) is 12.2 Å². The molecule has 18 heavy (non-hydrogen) atoms. The van der Waals surface area contributed by atoms with Crippen LogP contribution in [0, 0.1) is 0 Å². The van der Waals surface area contributed by atoms with Crippen molar-refractivity contribution in [3.63, 3.8) is 0 Å². The minimum atomic E-state index is -1.05. The lowest BCUT2D eigenvalue weighted by molar-refractivity contribution is 0.0696.